The highest BCUT2D eigenvalue weighted by Gasteiger charge is 2.14. The van der Waals surface area contributed by atoms with Crippen LogP contribution in [0.1, 0.15) is 27.5 Å². The zero-order chi connectivity index (χ0) is 15.2. The van der Waals surface area contributed by atoms with Crippen LogP contribution in [0.2, 0.25) is 0 Å². The fourth-order valence-corrected chi connectivity index (χ4v) is 1.96. The maximum absolute atomic E-state index is 11.0. The largest absolute Gasteiger partial charge is 0.489 e. The third-order valence-electron chi connectivity index (χ3n) is 3.15. The standard InChI is InChI=1S/C16H18N2O3/c17-9-14(18)13-8-12(16(19)20)6-7-15(13)21-10-11-4-2-1-3-5-11/h1-8,14H,9-10,17-18H2,(H,19,20). The first kappa shape index (κ1) is 15.0. The first-order valence-corrected chi connectivity index (χ1v) is 6.61. The highest BCUT2D eigenvalue weighted by molar-refractivity contribution is 5.88. The van der Waals surface area contributed by atoms with Crippen LogP contribution in [0.15, 0.2) is 48.5 Å². The van der Waals surface area contributed by atoms with E-state index in [-0.39, 0.29) is 12.1 Å². The summed E-state index contributed by atoms with van der Waals surface area (Å²) in [5.74, 6) is -0.447. The van der Waals surface area contributed by atoms with Gasteiger partial charge in [0.25, 0.3) is 0 Å². The summed E-state index contributed by atoms with van der Waals surface area (Å²) >= 11 is 0. The van der Waals surface area contributed by atoms with Gasteiger partial charge in [-0.1, -0.05) is 30.3 Å². The minimum absolute atomic E-state index is 0.168. The lowest BCUT2D eigenvalue weighted by Crippen LogP contribution is -2.22. The third kappa shape index (κ3) is 3.81. The van der Waals surface area contributed by atoms with E-state index >= 15 is 0 Å². The molecule has 21 heavy (non-hydrogen) atoms. The molecular formula is C16H18N2O3. The Labute approximate surface area is 123 Å². The van der Waals surface area contributed by atoms with Crippen molar-refractivity contribution in [3.8, 4) is 5.75 Å². The Morgan fingerprint density at radius 1 is 1.19 bits per heavy atom. The van der Waals surface area contributed by atoms with Crippen LogP contribution >= 0.6 is 0 Å². The van der Waals surface area contributed by atoms with E-state index in [4.69, 9.17) is 21.3 Å². The van der Waals surface area contributed by atoms with Crippen molar-refractivity contribution in [3.05, 3.63) is 65.2 Å². The van der Waals surface area contributed by atoms with Crippen molar-refractivity contribution in [2.75, 3.05) is 6.54 Å². The molecule has 0 fully saturated rings. The molecule has 2 rings (SSSR count). The number of aromatic carboxylic acids is 1. The zero-order valence-corrected chi connectivity index (χ0v) is 11.5. The molecule has 0 aliphatic heterocycles. The van der Waals surface area contributed by atoms with Gasteiger partial charge in [-0.3, -0.25) is 0 Å². The normalized spacial score (nSPS) is 11.9. The van der Waals surface area contributed by atoms with E-state index in [9.17, 15) is 4.79 Å². The molecular weight excluding hydrogens is 268 g/mol. The topological polar surface area (TPSA) is 98.6 Å². The number of carboxylic acids is 1. The molecule has 0 aromatic heterocycles. The van der Waals surface area contributed by atoms with Gasteiger partial charge in [0, 0.05) is 18.2 Å². The maximum atomic E-state index is 11.0. The van der Waals surface area contributed by atoms with Crippen LogP contribution in [0, 0.1) is 0 Å². The average Bonchev–Trinajstić information content (AvgIpc) is 2.52. The predicted octanol–water partition coefficient (Wildman–Crippen LogP) is 1.92. The molecule has 0 spiro atoms. The molecule has 0 radical (unpaired) electrons. The van der Waals surface area contributed by atoms with Gasteiger partial charge < -0.3 is 21.3 Å². The SMILES string of the molecule is NCC(N)c1cc(C(=O)O)ccc1OCc1ccccc1. The lowest BCUT2D eigenvalue weighted by molar-refractivity contribution is 0.0696. The van der Waals surface area contributed by atoms with Crippen molar-refractivity contribution in [1.82, 2.24) is 0 Å². The van der Waals surface area contributed by atoms with Crippen LogP contribution in [0.3, 0.4) is 0 Å². The Morgan fingerprint density at radius 2 is 1.90 bits per heavy atom. The van der Waals surface area contributed by atoms with E-state index in [1.165, 1.54) is 12.1 Å². The fraction of sp³-hybridized carbons (Fsp3) is 0.188. The number of carboxylic acid groups (broad SMARTS) is 1. The second kappa shape index (κ2) is 6.88. The number of hydrogen-bond donors (Lipinski definition) is 3. The molecule has 0 saturated heterocycles. The molecule has 0 aliphatic carbocycles. The molecule has 2 aromatic rings. The van der Waals surface area contributed by atoms with E-state index in [0.29, 0.717) is 17.9 Å². The van der Waals surface area contributed by atoms with Crippen LogP contribution in [-0.4, -0.2) is 17.6 Å². The molecule has 110 valence electrons. The summed E-state index contributed by atoms with van der Waals surface area (Å²) < 4.78 is 5.75. The minimum atomic E-state index is -1.00. The monoisotopic (exact) mass is 286 g/mol. The van der Waals surface area contributed by atoms with Gasteiger partial charge in [0.05, 0.1) is 5.56 Å². The third-order valence-corrected chi connectivity index (χ3v) is 3.15. The molecule has 0 bridgehead atoms. The van der Waals surface area contributed by atoms with Crippen LogP contribution in [0.25, 0.3) is 0 Å². The predicted molar refractivity (Wildman–Crippen MR) is 80.2 cm³/mol. The molecule has 0 aliphatic rings. The average molecular weight is 286 g/mol. The first-order valence-electron chi connectivity index (χ1n) is 6.61. The quantitative estimate of drug-likeness (QED) is 0.753. The highest BCUT2D eigenvalue weighted by Crippen LogP contribution is 2.26. The highest BCUT2D eigenvalue weighted by atomic mass is 16.5. The molecule has 5 nitrogen and oxygen atoms in total. The number of rotatable bonds is 6. The molecule has 1 unspecified atom stereocenters. The van der Waals surface area contributed by atoms with Crippen molar-refractivity contribution >= 4 is 5.97 Å². The van der Waals surface area contributed by atoms with E-state index in [1.54, 1.807) is 6.07 Å². The van der Waals surface area contributed by atoms with Gasteiger partial charge in [0.2, 0.25) is 0 Å². The van der Waals surface area contributed by atoms with Gasteiger partial charge in [-0.05, 0) is 23.8 Å². The molecule has 5 heteroatoms. The molecule has 0 heterocycles. The molecule has 2 aromatic carbocycles. The van der Waals surface area contributed by atoms with Gasteiger partial charge in [-0.15, -0.1) is 0 Å². The lowest BCUT2D eigenvalue weighted by Gasteiger charge is -2.16. The summed E-state index contributed by atoms with van der Waals surface area (Å²) in [5, 5.41) is 9.05. The number of carbonyl (C=O) groups is 1. The Kier molecular flexibility index (Phi) is 4.92. The summed E-state index contributed by atoms with van der Waals surface area (Å²) in [7, 11) is 0. The van der Waals surface area contributed by atoms with E-state index in [0.717, 1.165) is 5.56 Å². The number of ether oxygens (including phenoxy) is 1. The molecule has 5 N–H and O–H groups in total. The van der Waals surface area contributed by atoms with E-state index < -0.39 is 12.0 Å². The van der Waals surface area contributed by atoms with E-state index in [2.05, 4.69) is 0 Å². The second-order valence-electron chi connectivity index (χ2n) is 4.67. The number of hydrogen-bond acceptors (Lipinski definition) is 4. The van der Waals surface area contributed by atoms with Gasteiger partial charge in [-0.25, -0.2) is 4.79 Å². The minimum Gasteiger partial charge on any atom is -0.489 e. The summed E-state index contributed by atoms with van der Waals surface area (Å²) in [4.78, 5) is 11.0. The Balaban J connectivity index is 2.23. The Hall–Kier alpha value is -2.37. The summed E-state index contributed by atoms with van der Waals surface area (Å²) in [6.45, 7) is 0.600. The number of nitrogens with two attached hydrogens (primary N) is 2. The van der Waals surface area contributed by atoms with Crippen LogP contribution in [0.5, 0.6) is 5.75 Å². The van der Waals surface area contributed by atoms with Crippen molar-refractivity contribution in [3.63, 3.8) is 0 Å². The van der Waals surface area contributed by atoms with Crippen molar-refractivity contribution in [1.29, 1.82) is 0 Å². The molecule has 0 saturated carbocycles. The van der Waals surface area contributed by atoms with Gasteiger partial charge in [-0.2, -0.15) is 0 Å². The zero-order valence-electron chi connectivity index (χ0n) is 11.5. The second-order valence-corrected chi connectivity index (χ2v) is 4.67. The first-order chi connectivity index (χ1) is 10.1. The van der Waals surface area contributed by atoms with Gasteiger partial charge in [0.1, 0.15) is 12.4 Å². The maximum Gasteiger partial charge on any atom is 0.335 e. The molecule has 0 amide bonds. The van der Waals surface area contributed by atoms with Crippen molar-refractivity contribution in [2.24, 2.45) is 11.5 Å². The summed E-state index contributed by atoms with van der Waals surface area (Å²) in [6.07, 6.45) is 0. The smallest absolute Gasteiger partial charge is 0.335 e. The fourth-order valence-electron chi connectivity index (χ4n) is 1.96. The van der Waals surface area contributed by atoms with Gasteiger partial charge in [0.15, 0.2) is 0 Å². The van der Waals surface area contributed by atoms with E-state index in [1.807, 2.05) is 30.3 Å². The van der Waals surface area contributed by atoms with Crippen molar-refractivity contribution < 1.29 is 14.6 Å². The lowest BCUT2D eigenvalue weighted by atomic mass is 10.0. The van der Waals surface area contributed by atoms with Crippen molar-refractivity contribution in [2.45, 2.75) is 12.6 Å². The molecule has 1 atom stereocenters. The van der Waals surface area contributed by atoms with Crippen LogP contribution < -0.4 is 16.2 Å². The van der Waals surface area contributed by atoms with Crippen LogP contribution in [0.4, 0.5) is 0 Å². The summed E-state index contributed by atoms with van der Waals surface area (Å²) in [5.41, 5.74) is 13.3. The number of benzene rings is 2. The summed E-state index contributed by atoms with van der Waals surface area (Å²) in [6, 6.07) is 13.9. The Morgan fingerprint density at radius 3 is 2.52 bits per heavy atom. The Bertz CT molecular complexity index is 614. The van der Waals surface area contributed by atoms with Crippen LogP contribution in [-0.2, 0) is 6.61 Å². The van der Waals surface area contributed by atoms with Gasteiger partial charge >= 0.3 is 5.97 Å².